The van der Waals surface area contributed by atoms with Gasteiger partial charge in [0.2, 0.25) is 0 Å². The maximum atomic E-state index is 12.7. The van der Waals surface area contributed by atoms with Crippen LogP contribution in [0.3, 0.4) is 0 Å². The van der Waals surface area contributed by atoms with E-state index in [4.69, 9.17) is 0 Å². The SMILES string of the molecule is CC(C)n1c(CC=O)cc2ccc(C(F)(F)F)cc21. The second kappa shape index (κ2) is 4.72. The number of carbonyl (C=O) groups is 1. The summed E-state index contributed by atoms with van der Waals surface area (Å²) in [6.45, 7) is 3.77. The van der Waals surface area contributed by atoms with E-state index in [0.717, 1.165) is 29.5 Å². The molecule has 0 bridgehead atoms. The van der Waals surface area contributed by atoms with Crippen molar-refractivity contribution in [1.29, 1.82) is 0 Å². The van der Waals surface area contributed by atoms with E-state index >= 15 is 0 Å². The zero-order valence-electron chi connectivity index (χ0n) is 10.7. The highest BCUT2D eigenvalue weighted by atomic mass is 19.4. The highest BCUT2D eigenvalue weighted by Crippen LogP contribution is 2.33. The first-order valence-corrected chi connectivity index (χ1v) is 5.99. The molecule has 0 aliphatic heterocycles. The largest absolute Gasteiger partial charge is 0.416 e. The summed E-state index contributed by atoms with van der Waals surface area (Å²) < 4.78 is 40.0. The highest BCUT2D eigenvalue weighted by molar-refractivity contribution is 5.83. The maximum absolute atomic E-state index is 12.7. The summed E-state index contributed by atoms with van der Waals surface area (Å²) in [4.78, 5) is 10.7. The Labute approximate surface area is 108 Å². The fourth-order valence-electron chi connectivity index (χ4n) is 2.31. The molecule has 2 rings (SSSR count). The highest BCUT2D eigenvalue weighted by Gasteiger charge is 2.31. The van der Waals surface area contributed by atoms with Gasteiger partial charge in [0.1, 0.15) is 6.29 Å². The van der Waals surface area contributed by atoms with Gasteiger partial charge in [-0.05, 0) is 37.4 Å². The first-order valence-electron chi connectivity index (χ1n) is 5.99. The topological polar surface area (TPSA) is 22.0 Å². The number of halogens is 3. The molecule has 2 aromatic rings. The Hall–Kier alpha value is -1.78. The first-order chi connectivity index (χ1) is 8.84. The average Bonchev–Trinajstić information content (AvgIpc) is 2.65. The average molecular weight is 269 g/mol. The van der Waals surface area contributed by atoms with Gasteiger partial charge in [0.05, 0.1) is 5.56 Å². The zero-order valence-corrected chi connectivity index (χ0v) is 10.7. The molecule has 1 aromatic carbocycles. The summed E-state index contributed by atoms with van der Waals surface area (Å²) in [7, 11) is 0. The predicted octanol–water partition coefficient (Wildman–Crippen LogP) is 3.98. The molecule has 102 valence electrons. The van der Waals surface area contributed by atoms with Crippen molar-refractivity contribution in [2.45, 2.75) is 32.5 Å². The lowest BCUT2D eigenvalue weighted by molar-refractivity contribution is -0.137. The van der Waals surface area contributed by atoms with Crippen LogP contribution in [-0.4, -0.2) is 10.9 Å². The van der Waals surface area contributed by atoms with Gasteiger partial charge in [-0.1, -0.05) is 6.07 Å². The monoisotopic (exact) mass is 269 g/mol. The number of fused-ring (bicyclic) bond motifs is 1. The fraction of sp³-hybridized carbons (Fsp3) is 0.357. The third-order valence-corrected chi connectivity index (χ3v) is 3.06. The van der Waals surface area contributed by atoms with Crippen molar-refractivity contribution in [3.8, 4) is 0 Å². The van der Waals surface area contributed by atoms with Crippen LogP contribution in [0.4, 0.5) is 13.2 Å². The van der Waals surface area contributed by atoms with Gasteiger partial charge < -0.3 is 9.36 Å². The minimum Gasteiger partial charge on any atom is -0.342 e. The molecule has 0 amide bonds. The second-order valence-corrected chi connectivity index (χ2v) is 4.74. The van der Waals surface area contributed by atoms with Crippen LogP contribution < -0.4 is 0 Å². The minimum atomic E-state index is -4.36. The lowest BCUT2D eigenvalue weighted by Gasteiger charge is -2.14. The molecule has 0 spiro atoms. The Balaban J connectivity index is 2.69. The molecular formula is C14H14F3NO. The van der Waals surface area contributed by atoms with Gasteiger partial charge in [0, 0.05) is 23.7 Å². The molecule has 0 aliphatic rings. The molecule has 5 heteroatoms. The third-order valence-electron chi connectivity index (χ3n) is 3.06. The molecule has 0 atom stereocenters. The molecule has 1 aromatic heterocycles. The van der Waals surface area contributed by atoms with Crippen molar-refractivity contribution in [2.24, 2.45) is 0 Å². The quantitative estimate of drug-likeness (QED) is 0.772. The molecule has 0 unspecified atom stereocenters. The van der Waals surface area contributed by atoms with E-state index in [1.54, 1.807) is 10.6 Å². The molecule has 0 aliphatic carbocycles. The molecule has 0 saturated heterocycles. The summed E-state index contributed by atoms with van der Waals surface area (Å²) in [5.74, 6) is 0. The first kappa shape index (κ1) is 13.6. The van der Waals surface area contributed by atoms with Crippen LogP contribution in [0.2, 0.25) is 0 Å². The van der Waals surface area contributed by atoms with Gasteiger partial charge in [0.25, 0.3) is 0 Å². The molecule has 0 radical (unpaired) electrons. The van der Waals surface area contributed by atoms with Crippen molar-refractivity contribution in [3.63, 3.8) is 0 Å². The summed E-state index contributed by atoms with van der Waals surface area (Å²) in [6, 6.07) is 5.42. The number of alkyl halides is 3. The molecule has 0 N–H and O–H groups in total. The number of hydrogen-bond acceptors (Lipinski definition) is 1. The van der Waals surface area contributed by atoms with Crippen molar-refractivity contribution in [2.75, 3.05) is 0 Å². The van der Waals surface area contributed by atoms with Gasteiger partial charge in [-0.25, -0.2) is 0 Å². The molecule has 2 nitrogen and oxygen atoms in total. The summed E-state index contributed by atoms with van der Waals surface area (Å²) in [5.41, 5.74) is 0.582. The summed E-state index contributed by atoms with van der Waals surface area (Å²) in [6.07, 6.45) is -3.39. The number of hydrogen-bond donors (Lipinski definition) is 0. The Morgan fingerprint density at radius 3 is 2.47 bits per heavy atom. The number of carbonyl (C=O) groups excluding carboxylic acids is 1. The van der Waals surface area contributed by atoms with Gasteiger partial charge in [0.15, 0.2) is 0 Å². The van der Waals surface area contributed by atoms with Crippen molar-refractivity contribution < 1.29 is 18.0 Å². The Kier molecular flexibility index (Phi) is 3.39. The van der Waals surface area contributed by atoms with Crippen LogP contribution in [0.1, 0.15) is 31.1 Å². The number of nitrogens with zero attached hydrogens (tertiary/aromatic N) is 1. The molecular weight excluding hydrogens is 255 g/mol. The van der Waals surface area contributed by atoms with Crippen molar-refractivity contribution in [3.05, 3.63) is 35.5 Å². The minimum absolute atomic E-state index is 0.00377. The van der Waals surface area contributed by atoms with Crippen LogP contribution in [-0.2, 0) is 17.4 Å². The van der Waals surface area contributed by atoms with Crippen molar-refractivity contribution >= 4 is 17.2 Å². The number of benzene rings is 1. The van der Waals surface area contributed by atoms with Gasteiger partial charge >= 0.3 is 6.18 Å². The summed E-state index contributed by atoms with van der Waals surface area (Å²) in [5, 5.41) is 0.721. The van der Waals surface area contributed by atoms with Crippen LogP contribution in [0.5, 0.6) is 0 Å². The van der Waals surface area contributed by atoms with Crippen LogP contribution in [0.15, 0.2) is 24.3 Å². The fourth-order valence-corrected chi connectivity index (χ4v) is 2.31. The normalized spacial score (nSPS) is 12.3. The number of aromatic nitrogens is 1. The Morgan fingerprint density at radius 2 is 1.95 bits per heavy atom. The van der Waals surface area contributed by atoms with E-state index in [1.807, 2.05) is 13.8 Å². The van der Waals surface area contributed by atoms with Crippen LogP contribution in [0.25, 0.3) is 10.9 Å². The molecule has 0 saturated carbocycles. The standard InChI is InChI=1S/C14H14F3NO/c1-9(2)18-12(5-6-19)7-10-3-4-11(8-13(10)18)14(15,16)17/h3-4,6-9H,5H2,1-2H3. The van der Waals surface area contributed by atoms with E-state index in [2.05, 4.69) is 0 Å². The second-order valence-electron chi connectivity index (χ2n) is 4.74. The Morgan fingerprint density at radius 1 is 1.26 bits per heavy atom. The van der Waals surface area contributed by atoms with Gasteiger partial charge in [-0.3, -0.25) is 0 Å². The smallest absolute Gasteiger partial charge is 0.342 e. The maximum Gasteiger partial charge on any atom is 0.416 e. The molecule has 0 fully saturated rings. The zero-order chi connectivity index (χ0) is 14.2. The van der Waals surface area contributed by atoms with Crippen LogP contribution >= 0.6 is 0 Å². The third kappa shape index (κ3) is 2.50. The van der Waals surface area contributed by atoms with E-state index in [9.17, 15) is 18.0 Å². The molecule has 19 heavy (non-hydrogen) atoms. The van der Waals surface area contributed by atoms with Gasteiger partial charge in [-0.15, -0.1) is 0 Å². The van der Waals surface area contributed by atoms with E-state index < -0.39 is 11.7 Å². The van der Waals surface area contributed by atoms with E-state index in [0.29, 0.717) is 5.52 Å². The van der Waals surface area contributed by atoms with Gasteiger partial charge in [-0.2, -0.15) is 13.2 Å². The van der Waals surface area contributed by atoms with E-state index in [-0.39, 0.29) is 12.5 Å². The Bertz CT molecular complexity index is 611. The lowest BCUT2D eigenvalue weighted by atomic mass is 10.1. The van der Waals surface area contributed by atoms with Crippen LogP contribution in [0, 0.1) is 0 Å². The van der Waals surface area contributed by atoms with Crippen molar-refractivity contribution in [1.82, 2.24) is 4.57 Å². The summed E-state index contributed by atoms with van der Waals surface area (Å²) >= 11 is 0. The molecule has 1 heterocycles. The lowest BCUT2D eigenvalue weighted by Crippen LogP contribution is -2.08. The van der Waals surface area contributed by atoms with E-state index in [1.165, 1.54) is 6.07 Å². The number of aldehydes is 1. The number of rotatable bonds is 3. The predicted molar refractivity (Wildman–Crippen MR) is 67.1 cm³/mol.